The lowest BCUT2D eigenvalue weighted by molar-refractivity contribution is -0.129. The molecular formula is C20H29N3O3. The fraction of sp³-hybridized carbons (Fsp3) is 0.650. The molecule has 1 spiro atoms. The van der Waals surface area contributed by atoms with Gasteiger partial charge >= 0.3 is 0 Å². The van der Waals surface area contributed by atoms with Crippen molar-refractivity contribution in [3.63, 3.8) is 0 Å². The predicted molar refractivity (Wildman–Crippen MR) is 99.6 cm³/mol. The predicted octanol–water partition coefficient (Wildman–Crippen LogP) is 1.59. The van der Waals surface area contributed by atoms with Crippen LogP contribution in [-0.2, 0) is 11.3 Å². The van der Waals surface area contributed by atoms with Crippen LogP contribution < -0.4 is 9.47 Å². The molecule has 1 aromatic rings. The van der Waals surface area contributed by atoms with E-state index in [2.05, 4.69) is 29.0 Å². The van der Waals surface area contributed by atoms with Gasteiger partial charge in [-0.1, -0.05) is 6.07 Å². The van der Waals surface area contributed by atoms with Crippen LogP contribution in [0.25, 0.3) is 0 Å². The average Bonchev–Trinajstić information content (AvgIpc) is 2.79. The van der Waals surface area contributed by atoms with Crippen LogP contribution in [0.4, 0.5) is 0 Å². The van der Waals surface area contributed by atoms with Crippen LogP contribution in [0, 0.1) is 0 Å². The summed E-state index contributed by atoms with van der Waals surface area (Å²) in [5.41, 5.74) is 1.36. The summed E-state index contributed by atoms with van der Waals surface area (Å²) in [6, 6.07) is 6.28. The summed E-state index contributed by atoms with van der Waals surface area (Å²) in [6.07, 6.45) is 2.65. The number of likely N-dealkylation sites (tertiary alicyclic amines) is 1. The maximum Gasteiger partial charge on any atom is 0.222 e. The van der Waals surface area contributed by atoms with Crippen molar-refractivity contribution in [3.05, 3.63) is 23.8 Å². The van der Waals surface area contributed by atoms with E-state index >= 15 is 0 Å². The molecule has 0 saturated carbocycles. The van der Waals surface area contributed by atoms with Crippen molar-refractivity contribution in [2.24, 2.45) is 0 Å². The smallest absolute Gasteiger partial charge is 0.222 e. The molecular weight excluding hydrogens is 330 g/mol. The van der Waals surface area contributed by atoms with Gasteiger partial charge in [0, 0.05) is 51.7 Å². The highest BCUT2D eigenvalue weighted by atomic mass is 16.6. The number of piperazine rings is 1. The Morgan fingerprint density at radius 1 is 1.04 bits per heavy atom. The molecule has 4 rings (SSSR count). The Labute approximate surface area is 155 Å². The van der Waals surface area contributed by atoms with Crippen LogP contribution in [0.15, 0.2) is 18.2 Å². The van der Waals surface area contributed by atoms with Crippen molar-refractivity contribution in [1.29, 1.82) is 0 Å². The Bertz CT molecular complexity index is 680. The number of nitrogens with zero attached hydrogens (tertiary/aromatic N) is 3. The van der Waals surface area contributed by atoms with Crippen molar-refractivity contribution in [1.82, 2.24) is 14.7 Å². The third-order valence-electron chi connectivity index (χ3n) is 6.23. The lowest BCUT2D eigenvalue weighted by Crippen LogP contribution is -2.60. The van der Waals surface area contributed by atoms with Crippen LogP contribution in [-0.4, -0.2) is 79.6 Å². The normalized spacial score (nSPS) is 27.6. The molecule has 1 atom stereocenters. The Kier molecular flexibility index (Phi) is 4.80. The highest BCUT2D eigenvalue weighted by Crippen LogP contribution is 2.34. The second-order valence-electron chi connectivity index (χ2n) is 7.90. The van der Waals surface area contributed by atoms with Crippen molar-refractivity contribution in [2.45, 2.75) is 31.3 Å². The van der Waals surface area contributed by atoms with Gasteiger partial charge in [0.2, 0.25) is 5.91 Å². The number of rotatable bonds is 2. The minimum atomic E-state index is 0.104. The van der Waals surface area contributed by atoms with E-state index in [1.165, 1.54) is 5.56 Å². The van der Waals surface area contributed by atoms with Gasteiger partial charge in [-0.05, 0) is 37.6 Å². The average molecular weight is 359 g/mol. The first kappa shape index (κ1) is 17.6. The molecule has 6 heteroatoms. The first-order valence-corrected chi connectivity index (χ1v) is 9.62. The number of hydrogen-bond acceptors (Lipinski definition) is 5. The number of likely N-dealkylation sites (N-methyl/N-ethyl adjacent to an activating group) is 1. The molecule has 1 unspecified atom stereocenters. The molecule has 6 nitrogen and oxygen atoms in total. The molecule has 3 aliphatic heterocycles. The summed E-state index contributed by atoms with van der Waals surface area (Å²) in [4.78, 5) is 19.0. The SMILES string of the molecule is CN1CCC2(CCC1=O)CN(Cc1ccc3c(c1)OCCO3)CCN2C. The molecule has 3 heterocycles. The van der Waals surface area contributed by atoms with Crippen LogP contribution in [0.3, 0.4) is 0 Å². The minimum absolute atomic E-state index is 0.104. The maximum absolute atomic E-state index is 12.1. The van der Waals surface area contributed by atoms with Crippen LogP contribution in [0.1, 0.15) is 24.8 Å². The number of fused-ring (bicyclic) bond motifs is 1. The summed E-state index contributed by atoms with van der Waals surface area (Å²) >= 11 is 0. The Morgan fingerprint density at radius 3 is 2.69 bits per heavy atom. The molecule has 0 aliphatic carbocycles. The van der Waals surface area contributed by atoms with Gasteiger partial charge in [-0.3, -0.25) is 14.6 Å². The fourth-order valence-electron chi connectivity index (χ4n) is 4.42. The summed E-state index contributed by atoms with van der Waals surface area (Å²) in [5, 5.41) is 0. The largest absolute Gasteiger partial charge is 0.486 e. The second kappa shape index (κ2) is 7.08. The van der Waals surface area contributed by atoms with E-state index in [1.54, 1.807) is 0 Å². The number of benzene rings is 1. The number of ether oxygens (including phenoxy) is 2. The number of hydrogen-bond donors (Lipinski definition) is 0. The van der Waals surface area contributed by atoms with Crippen molar-refractivity contribution in [3.8, 4) is 11.5 Å². The van der Waals surface area contributed by atoms with E-state index in [0.29, 0.717) is 19.6 Å². The van der Waals surface area contributed by atoms with Gasteiger partial charge in [0.1, 0.15) is 13.2 Å². The lowest BCUT2D eigenvalue weighted by Gasteiger charge is -2.49. The molecule has 142 valence electrons. The summed E-state index contributed by atoms with van der Waals surface area (Å²) < 4.78 is 11.4. The quantitative estimate of drug-likeness (QED) is 0.802. The van der Waals surface area contributed by atoms with Gasteiger partial charge in [-0.15, -0.1) is 0 Å². The Balaban J connectivity index is 1.47. The molecule has 0 N–H and O–H groups in total. The van der Waals surface area contributed by atoms with Gasteiger partial charge in [-0.2, -0.15) is 0 Å². The van der Waals surface area contributed by atoms with Crippen LogP contribution >= 0.6 is 0 Å². The van der Waals surface area contributed by atoms with Crippen molar-refractivity contribution < 1.29 is 14.3 Å². The summed E-state index contributed by atoms with van der Waals surface area (Å²) in [6.45, 7) is 6.12. The van der Waals surface area contributed by atoms with Crippen molar-refractivity contribution >= 4 is 5.91 Å². The zero-order chi connectivity index (χ0) is 18.1. The summed E-state index contributed by atoms with van der Waals surface area (Å²) in [5.74, 6) is 1.98. The third-order valence-corrected chi connectivity index (χ3v) is 6.23. The van der Waals surface area contributed by atoms with E-state index in [-0.39, 0.29) is 11.4 Å². The van der Waals surface area contributed by atoms with E-state index in [0.717, 1.165) is 57.1 Å². The zero-order valence-corrected chi connectivity index (χ0v) is 15.9. The fourth-order valence-corrected chi connectivity index (χ4v) is 4.42. The molecule has 0 bridgehead atoms. The molecule has 1 aromatic carbocycles. The number of amides is 1. The monoisotopic (exact) mass is 359 g/mol. The molecule has 2 saturated heterocycles. The summed E-state index contributed by atoms with van der Waals surface area (Å²) in [7, 11) is 4.15. The number of carbonyl (C=O) groups excluding carboxylic acids is 1. The molecule has 3 aliphatic rings. The van der Waals surface area contributed by atoms with Crippen LogP contribution in [0.5, 0.6) is 11.5 Å². The number of carbonyl (C=O) groups is 1. The van der Waals surface area contributed by atoms with Crippen LogP contribution in [0.2, 0.25) is 0 Å². The highest BCUT2D eigenvalue weighted by molar-refractivity contribution is 5.76. The van der Waals surface area contributed by atoms with Crippen molar-refractivity contribution in [2.75, 3.05) is 53.5 Å². The first-order chi connectivity index (χ1) is 12.6. The lowest BCUT2D eigenvalue weighted by atomic mass is 9.86. The van der Waals surface area contributed by atoms with E-state index in [9.17, 15) is 4.79 Å². The molecule has 2 fully saturated rings. The van der Waals surface area contributed by atoms with Gasteiger partial charge in [0.05, 0.1) is 0 Å². The second-order valence-corrected chi connectivity index (χ2v) is 7.90. The standard InChI is InChI=1S/C20H29N3O3/c1-21-8-7-20(6-5-19(21)24)15-23(10-9-22(20)2)14-16-3-4-17-18(13-16)26-12-11-25-17/h3-4,13H,5-12,14-15H2,1-2H3. The molecule has 0 radical (unpaired) electrons. The molecule has 1 amide bonds. The third kappa shape index (κ3) is 3.40. The van der Waals surface area contributed by atoms with Gasteiger partial charge in [0.15, 0.2) is 11.5 Å². The molecule has 26 heavy (non-hydrogen) atoms. The first-order valence-electron chi connectivity index (χ1n) is 9.62. The van der Waals surface area contributed by atoms with Gasteiger partial charge in [-0.25, -0.2) is 0 Å². The zero-order valence-electron chi connectivity index (χ0n) is 15.9. The highest BCUT2D eigenvalue weighted by Gasteiger charge is 2.41. The van der Waals surface area contributed by atoms with E-state index in [4.69, 9.17) is 9.47 Å². The Hall–Kier alpha value is -1.79. The Morgan fingerprint density at radius 2 is 1.85 bits per heavy atom. The van der Waals surface area contributed by atoms with Gasteiger partial charge < -0.3 is 14.4 Å². The van der Waals surface area contributed by atoms with E-state index < -0.39 is 0 Å². The minimum Gasteiger partial charge on any atom is -0.486 e. The maximum atomic E-state index is 12.1. The van der Waals surface area contributed by atoms with E-state index in [1.807, 2.05) is 18.0 Å². The van der Waals surface area contributed by atoms with Gasteiger partial charge in [0.25, 0.3) is 0 Å². The molecule has 0 aromatic heterocycles. The topological polar surface area (TPSA) is 45.3 Å².